The molecule has 1 aliphatic rings. The SMILES string of the molecule is CC(C)(C)Cc1cc2c3c(nccc3c1)-c1cc3ccncc3cc1C2(C)C. The molecule has 0 aliphatic heterocycles. The van der Waals surface area contributed by atoms with Crippen LogP contribution in [0.2, 0.25) is 0 Å². The average Bonchev–Trinajstić information content (AvgIpc) is 2.63. The minimum Gasteiger partial charge on any atom is -0.264 e. The summed E-state index contributed by atoms with van der Waals surface area (Å²) in [4.78, 5) is 9.17. The number of fused-ring (bicyclic) bond motifs is 3. The van der Waals surface area contributed by atoms with Gasteiger partial charge in [0.05, 0.1) is 5.69 Å². The smallest absolute Gasteiger partial charge is 0.0786 e. The molecule has 0 saturated heterocycles. The molecule has 2 heterocycles. The van der Waals surface area contributed by atoms with Crippen LogP contribution in [0.5, 0.6) is 0 Å². The van der Waals surface area contributed by atoms with Crippen molar-refractivity contribution in [3.8, 4) is 11.3 Å². The third-order valence-corrected chi connectivity index (χ3v) is 6.04. The maximum Gasteiger partial charge on any atom is 0.0786 e. The van der Waals surface area contributed by atoms with E-state index in [0.717, 1.165) is 12.1 Å². The van der Waals surface area contributed by atoms with Crippen molar-refractivity contribution in [2.75, 3.05) is 0 Å². The number of hydrogen-bond acceptors (Lipinski definition) is 2. The summed E-state index contributed by atoms with van der Waals surface area (Å²) < 4.78 is 0. The molecule has 2 aromatic heterocycles. The van der Waals surface area contributed by atoms with Crippen molar-refractivity contribution < 1.29 is 0 Å². The molecule has 28 heavy (non-hydrogen) atoms. The van der Waals surface area contributed by atoms with Crippen molar-refractivity contribution in [2.45, 2.75) is 46.5 Å². The highest BCUT2D eigenvalue weighted by Crippen LogP contribution is 2.49. The van der Waals surface area contributed by atoms with Crippen molar-refractivity contribution >= 4 is 21.5 Å². The van der Waals surface area contributed by atoms with Gasteiger partial charge in [0.25, 0.3) is 0 Å². The van der Waals surface area contributed by atoms with E-state index in [1.54, 1.807) is 0 Å². The summed E-state index contributed by atoms with van der Waals surface area (Å²) in [5.74, 6) is 0. The normalized spacial score (nSPS) is 15.0. The first-order chi connectivity index (χ1) is 13.2. The van der Waals surface area contributed by atoms with Crippen LogP contribution in [0.15, 0.2) is 55.0 Å². The molecule has 140 valence electrons. The fourth-order valence-electron chi connectivity index (χ4n) is 4.78. The summed E-state index contributed by atoms with van der Waals surface area (Å²) >= 11 is 0. The second kappa shape index (κ2) is 5.64. The molecule has 0 amide bonds. The Morgan fingerprint density at radius 1 is 0.857 bits per heavy atom. The Hall–Kier alpha value is -2.74. The van der Waals surface area contributed by atoms with Crippen LogP contribution in [0, 0.1) is 5.41 Å². The third-order valence-electron chi connectivity index (χ3n) is 6.04. The zero-order valence-electron chi connectivity index (χ0n) is 17.3. The minimum atomic E-state index is -0.0818. The van der Waals surface area contributed by atoms with E-state index in [-0.39, 0.29) is 10.8 Å². The molecular weight excluding hydrogens is 340 g/mol. The molecule has 0 spiro atoms. The fraction of sp³-hybridized carbons (Fsp3) is 0.308. The Labute approximate surface area is 166 Å². The van der Waals surface area contributed by atoms with Gasteiger partial charge < -0.3 is 0 Å². The summed E-state index contributed by atoms with van der Waals surface area (Å²) in [6.07, 6.45) is 6.86. The summed E-state index contributed by atoms with van der Waals surface area (Å²) in [7, 11) is 0. The monoisotopic (exact) mass is 366 g/mol. The van der Waals surface area contributed by atoms with E-state index in [0.29, 0.717) is 0 Å². The number of aromatic nitrogens is 2. The first kappa shape index (κ1) is 17.4. The van der Waals surface area contributed by atoms with Crippen LogP contribution >= 0.6 is 0 Å². The molecule has 0 unspecified atom stereocenters. The van der Waals surface area contributed by atoms with E-state index < -0.39 is 0 Å². The van der Waals surface area contributed by atoms with Crippen LogP contribution < -0.4 is 0 Å². The predicted octanol–water partition coefficient (Wildman–Crippen LogP) is 6.68. The van der Waals surface area contributed by atoms with Crippen LogP contribution in [0.3, 0.4) is 0 Å². The molecule has 2 nitrogen and oxygen atoms in total. The highest BCUT2D eigenvalue weighted by molar-refractivity contribution is 6.04. The highest BCUT2D eigenvalue weighted by Gasteiger charge is 2.35. The van der Waals surface area contributed by atoms with E-state index in [9.17, 15) is 0 Å². The summed E-state index contributed by atoms with van der Waals surface area (Å²) in [6.45, 7) is 11.6. The number of nitrogens with zero attached hydrogens (tertiary/aromatic N) is 2. The van der Waals surface area contributed by atoms with Gasteiger partial charge in [-0.15, -0.1) is 0 Å². The van der Waals surface area contributed by atoms with Crippen LogP contribution in [-0.2, 0) is 11.8 Å². The van der Waals surface area contributed by atoms with Gasteiger partial charge >= 0.3 is 0 Å². The molecule has 0 radical (unpaired) electrons. The van der Waals surface area contributed by atoms with Crippen LogP contribution in [0.4, 0.5) is 0 Å². The van der Waals surface area contributed by atoms with Gasteiger partial charge in [-0.1, -0.05) is 46.8 Å². The maximum absolute atomic E-state index is 4.84. The van der Waals surface area contributed by atoms with Gasteiger partial charge in [0.15, 0.2) is 0 Å². The van der Waals surface area contributed by atoms with Crippen molar-refractivity contribution in [3.05, 3.63) is 71.7 Å². The van der Waals surface area contributed by atoms with Gasteiger partial charge in [-0.2, -0.15) is 0 Å². The molecule has 2 aromatic carbocycles. The maximum atomic E-state index is 4.84. The number of hydrogen-bond donors (Lipinski definition) is 0. The largest absolute Gasteiger partial charge is 0.264 e. The number of pyridine rings is 2. The molecule has 0 bridgehead atoms. The quantitative estimate of drug-likeness (QED) is 0.375. The molecule has 0 N–H and O–H groups in total. The minimum absolute atomic E-state index is 0.0818. The molecule has 1 aliphatic carbocycles. The van der Waals surface area contributed by atoms with E-state index >= 15 is 0 Å². The van der Waals surface area contributed by atoms with E-state index in [2.05, 4.69) is 76.0 Å². The second-order valence-electron chi connectivity index (χ2n) is 9.88. The van der Waals surface area contributed by atoms with Crippen LogP contribution in [0.1, 0.15) is 51.3 Å². The molecule has 0 saturated carbocycles. The lowest BCUT2D eigenvalue weighted by atomic mass is 9.68. The average molecular weight is 367 g/mol. The number of benzene rings is 2. The van der Waals surface area contributed by atoms with Crippen LogP contribution in [-0.4, -0.2) is 9.97 Å². The first-order valence-electron chi connectivity index (χ1n) is 10.0. The lowest BCUT2D eigenvalue weighted by Gasteiger charge is -2.35. The molecule has 4 aromatic rings. The first-order valence-corrected chi connectivity index (χ1v) is 10.0. The fourth-order valence-corrected chi connectivity index (χ4v) is 4.78. The van der Waals surface area contributed by atoms with Gasteiger partial charge in [0.1, 0.15) is 0 Å². The van der Waals surface area contributed by atoms with Gasteiger partial charge in [-0.3, -0.25) is 9.97 Å². The molecule has 5 rings (SSSR count). The highest BCUT2D eigenvalue weighted by atomic mass is 14.7. The van der Waals surface area contributed by atoms with Crippen molar-refractivity contribution in [3.63, 3.8) is 0 Å². The Morgan fingerprint density at radius 3 is 2.43 bits per heavy atom. The molecule has 2 heteroatoms. The molecule has 0 atom stereocenters. The Balaban J connectivity index is 1.87. The van der Waals surface area contributed by atoms with Gasteiger partial charge in [-0.25, -0.2) is 0 Å². The Morgan fingerprint density at radius 2 is 1.64 bits per heavy atom. The van der Waals surface area contributed by atoms with Crippen LogP contribution in [0.25, 0.3) is 32.8 Å². The summed E-state index contributed by atoms with van der Waals surface area (Å²) in [6, 6.07) is 13.7. The summed E-state index contributed by atoms with van der Waals surface area (Å²) in [5.41, 5.74) is 6.69. The Bertz CT molecular complexity index is 1240. The predicted molar refractivity (Wildman–Crippen MR) is 118 cm³/mol. The third kappa shape index (κ3) is 2.55. The standard InChI is InChI=1S/C26H26N2/c1-25(2,3)14-16-10-18-7-9-28-24-20-12-17-6-8-27-15-19(17)13-21(20)26(4,5)22(11-16)23(18)24/h6-13,15H,14H2,1-5H3. The number of rotatable bonds is 1. The lowest BCUT2D eigenvalue weighted by Crippen LogP contribution is -2.24. The van der Waals surface area contributed by atoms with Gasteiger partial charge in [0.2, 0.25) is 0 Å². The zero-order valence-corrected chi connectivity index (χ0v) is 17.3. The second-order valence-corrected chi connectivity index (χ2v) is 9.88. The Kier molecular flexibility index (Phi) is 3.49. The van der Waals surface area contributed by atoms with Crippen molar-refractivity contribution in [2.24, 2.45) is 5.41 Å². The van der Waals surface area contributed by atoms with Crippen molar-refractivity contribution in [1.29, 1.82) is 0 Å². The van der Waals surface area contributed by atoms with Gasteiger partial charge in [0, 0.05) is 40.3 Å². The van der Waals surface area contributed by atoms with E-state index in [1.807, 2.05) is 18.6 Å². The lowest BCUT2D eigenvalue weighted by molar-refractivity contribution is 0.411. The van der Waals surface area contributed by atoms with E-state index in [4.69, 9.17) is 4.98 Å². The topological polar surface area (TPSA) is 25.8 Å². The van der Waals surface area contributed by atoms with E-state index in [1.165, 1.54) is 43.8 Å². The zero-order chi connectivity index (χ0) is 19.7. The molecular formula is C26H26N2. The van der Waals surface area contributed by atoms with Crippen molar-refractivity contribution in [1.82, 2.24) is 9.97 Å². The van der Waals surface area contributed by atoms with Gasteiger partial charge in [-0.05, 0) is 63.6 Å². The molecule has 0 fully saturated rings. The summed E-state index contributed by atoms with van der Waals surface area (Å²) in [5, 5.41) is 5.02.